The molecular weight excluding hydrogens is 260 g/mol. The number of H-pyrrole nitrogens is 1. The molecule has 3 aromatic rings. The van der Waals surface area contributed by atoms with Gasteiger partial charge in [-0.3, -0.25) is 9.89 Å². The molecule has 0 unspecified atom stereocenters. The van der Waals surface area contributed by atoms with Gasteiger partial charge in [0.25, 0.3) is 12.0 Å². The monoisotopic (exact) mass is 267 g/mol. The number of fused-ring (bicyclic) bond motifs is 1. The fourth-order valence-electron chi connectivity index (χ4n) is 1.62. The van der Waals surface area contributed by atoms with Crippen molar-refractivity contribution in [3.63, 3.8) is 0 Å². The van der Waals surface area contributed by atoms with Crippen molar-refractivity contribution in [2.45, 2.75) is 6.43 Å². The number of aromatic nitrogens is 3. The molecule has 0 aliphatic heterocycles. The second kappa shape index (κ2) is 4.02. The van der Waals surface area contributed by atoms with Gasteiger partial charge in [0.15, 0.2) is 0 Å². The van der Waals surface area contributed by atoms with Gasteiger partial charge in [-0.25, -0.2) is 13.8 Å². The van der Waals surface area contributed by atoms with E-state index in [1.807, 2.05) is 18.2 Å². The van der Waals surface area contributed by atoms with E-state index in [1.165, 1.54) is 11.3 Å². The predicted octanol–water partition coefficient (Wildman–Crippen LogP) is 2.71. The smallest absolute Gasteiger partial charge is 0.279 e. The molecule has 0 spiro atoms. The lowest BCUT2D eigenvalue weighted by atomic mass is 10.3. The van der Waals surface area contributed by atoms with Crippen LogP contribution in [-0.4, -0.2) is 14.8 Å². The third-order valence-electron chi connectivity index (χ3n) is 2.45. The summed E-state index contributed by atoms with van der Waals surface area (Å²) in [5.74, 6) is 0. The van der Waals surface area contributed by atoms with E-state index in [4.69, 9.17) is 0 Å². The summed E-state index contributed by atoms with van der Waals surface area (Å²) in [4.78, 5) is 15.8. The van der Waals surface area contributed by atoms with Crippen molar-refractivity contribution in [2.24, 2.45) is 0 Å². The Balaban J connectivity index is 2.17. The summed E-state index contributed by atoms with van der Waals surface area (Å²) in [5.41, 5.74) is -0.207. The normalized spacial score (nSPS) is 11.5. The maximum Gasteiger partial charge on any atom is 0.279 e. The summed E-state index contributed by atoms with van der Waals surface area (Å²) in [7, 11) is 0. The van der Waals surface area contributed by atoms with Crippen molar-refractivity contribution in [1.82, 2.24) is 14.8 Å². The lowest BCUT2D eigenvalue weighted by molar-refractivity contribution is 0.145. The van der Waals surface area contributed by atoms with Crippen LogP contribution in [0, 0.1) is 0 Å². The Morgan fingerprint density at radius 3 is 2.78 bits per heavy atom. The minimum absolute atomic E-state index is 0.355. The van der Waals surface area contributed by atoms with Gasteiger partial charge >= 0.3 is 0 Å². The van der Waals surface area contributed by atoms with Crippen molar-refractivity contribution >= 4 is 21.6 Å². The summed E-state index contributed by atoms with van der Waals surface area (Å²) in [6, 6.07) is 8.23. The number of benzene rings is 1. The van der Waals surface area contributed by atoms with Crippen molar-refractivity contribution in [2.75, 3.05) is 0 Å². The van der Waals surface area contributed by atoms with Gasteiger partial charge in [-0.15, -0.1) is 0 Å². The molecule has 0 aliphatic carbocycles. The molecular formula is C11H7F2N3OS. The molecule has 4 nitrogen and oxygen atoms in total. The lowest BCUT2D eigenvalue weighted by Crippen LogP contribution is -2.12. The van der Waals surface area contributed by atoms with E-state index in [-0.39, 0.29) is 0 Å². The molecule has 0 radical (unpaired) electrons. The molecule has 0 saturated carbocycles. The van der Waals surface area contributed by atoms with Crippen LogP contribution in [-0.2, 0) is 0 Å². The molecule has 3 rings (SSSR count). The number of thiazole rings is 1. The van der Waals surface area contributed by atoms with Crippen LogP contribution in [0.1, 0.15) is 12.1 Å². The summed E-state index contributed by atoms with van der Waals surface area (Å²) in [6.07, 6.45) is -2.70. The Hall–Kier alpha value is -2.02. The molecule has 1 aromatic carbocycles. The van der Waals surface area contributed by atoms with Gasteiger partial charge in [-0.1, -0.05) is 23.5 Å². The van der Waals surface area contributed by atoms with Gasteiger partial charge in [0.1, 0.15) is 5.69 Å². The Morgan fingerprint density at radius 2 is 2.11 bits per heavy atom. The summed E-state index contributed by atoms with van der Waals surface area (Å²) in [5, 5.41) is 2.71. The minimum atomic E-state index is -2.70. The van der Waals surface area contributed by atoms with Crippen molar-refractivity contribution in [1.29, 1.82) is 0 Å². The Labute approximate surface area is 103 Å². The van der Waals surface area contributed by atoms with Gasteiger partial charge in [0.05, 0.1) is 10.2 Å². The summed E-state index contributed by atoms with van der Waals surface area (Å²) in [6.45, 7) is 0. The Kier molecular flexibility index (Phi) is 2.48. The number of alkyl halides is 2. The first-order valence-electron chi connectivity index (χ1n) is 5.11. The fraction of sp³-hybridized carbons (Fsp3) is 0.0909. The first-order valence-corrected chi connectivity index (χ1v) is 5.93. The van der Waals surface area contributed by atoms with E-state index in [0.717, 1.165) is 21.0 Å². The molecule has 0 saturated heterocycles. The zero-order chi connectivity index (χ0) is 12.7. The average molecular weight is 267 g/mol. The van der Waals surface area contributed by atoms with E-state index in [9.17, 15) is 13.6 Å². The van der Waals surface area contributed by atoms with Gasteiger partial charge in [0.2, 0.25) is 5.13 Å². The number of hydrogen-bond acceptors (Lipinski definition) is 3. The van der Waals surface area contributed by atoms with Gasteiger partial charge < -0.3 is 0 Å². The molecule has 0 fully saturated rings. The molecule has 92 valence electrons. The third-order valence-corrected chi connectivity index (χ3v) is 3.47. The maximum atomic E-state index is 12.5. The zero-order valence-corrected chi connectivity index (χ0v) is 9.75. The number of rotatable bonds is 2. The van der Waals surface area contributed by atoms with Crippen molar-refractivity contribution < 1.29 is 8.78 Å². The molecule has 0 atom stereocenters. The summed E-state index contributed by atoms with van der Waals surface area (Å²) < 4.78 is 26.9. The molecule has 7 heteroatoms. The molecule has 0 aliphatic rings. The van der Waals surface area contributed by atoms with Crippen LogP contribution in [0.15, 0.2) is 35.1 Å². The van der Waals surface area contributed by atoms with Gasteiger partial charge in [0, 0.05) is 6.07 Å². The van der Waals surface area contributed by atoms with E-state index in [1.54, 1.807) is 6.07 Å². The largest absolute Gasteiger partial charge is 0.287 e. The second-order valence-electron chi connectivity index (χ2n) is 3.65. The van der Waals surface area contributed by atoms with E-state index in [0.29, 0.717) is 5.13 Å². The molecule has 18 heavy (non-hydrogen) atoms. The van der Waals surface area contributed by atoms with Crippen LogP contribution in [0.5, 0.6) is 0 Å². The van der Waals surface area contributed by atoms with E-state index in [2.05, 4.69) is 10.1 Å². The highest BCUT2D eigenvalue weighted by molar-refractivity contribution is 7.20. The average Bonchev–Trinajstić information content (AvgIpc) is 2.91. The highest BCUT2D eigenvalue weighted by atomic mass is 32.1. The predicted molar refractivity (Wildman–Crippen MR) is 64.5 cm³/mol. The topological polar surface area (TPSA) is 50.7 Å². The zero-order valence-electron chi connectivity index (χ0n) is 8.93. The first-order chi connectivity index (χ1) is 8.65. The van der Waals surface area contributed by atoms with E-state index >= 15 is 0 Å². The fourth-order valence-corrected chi connectivity index (χ4v) is 2.56. The van der Waals surface area contributed by atoms with Crippen LogP contribution >= 0.6 is 11.3 Å². The van der Waals surface area contributed by atoms with Crippen LogP contribution in [0.2, 0.25) is 0 Å². The number of halogens is 2. The number of hydrogen-bond donors (Lipinski definition) is 1. The Morgan fingerprint density at radius 1 is 1.33 bits per heavy atom. The summed E-state index contributed by atoms with van der Waals surface area (Å²) >= 11 is 1.27. The highest BCUT2D eigenvalue weighted by Crippen LogP contribution is 2.24. The molecule has 2 aromatic heterocycles. The first kappa shape index (κ1) is 11.1. The van der Waals surface area contributed by atoms with Crippen LogP contribution in [0.4, 0.5) is 8.78 Å². The molecule has 2 heterocycles. The van der Waals surface area contributed by atoms with Gasteiger partial charge in [-0.05, 0) is 12.1 Å². The number of nitrogens with one attached hydrogen (secondary N) is 1. The third kappa shape index (κ3) is 1.72. The number of aromatic amines is 1. The van der Waals surface area contributed by atoms with Gasteiger partial charge in [-0.2, -0.15) is 4.68 Å². The lowest BCUT2D eigenvalue weighted by Gasteiger charge is -1.95. The standard InChI is InChI=1S/C11H7F2N3OS/c12-10(13)7-5-9(17)16(15-7)11-14-6-3-1-2-4-8(6)18-11/h1-5,10,15H. The van der Waals surface area contributed by atoms with Crippen molar-refractivity contribution in [3.05, 3.63) is 46.4 Å². The maximum absolute atomic E-state index is 12.5. The van der Waals surface area contributed by atoms with Crippen LogP contribution in [0.3, 0.4) is 0 Å². The number of para-hydroxylation sites is 1. The quantitative estimate of drug-likeness (QED) is 0.776. The van der Waals surface area contributed by atoms with Crippen LogP contribution < -0.4 is 5.56 Å². The highest BCUT2D eigenvalue weighted by Gasteiger charge is 2.15. The van der Waals surface area contributed by atoms with Crippen LogP contribution in [0.25, 0.3) is 15.3 Å². The Bertz CT molecular complexity index is 726. The van der Waals surface area contributed by atoms with E-state index < -0.39 is 17.7 Å². The molecule has 0 bridgehead atoms. The molecule has 0 amide bonds. The minimum Gasteiger partial charge on any atom is -0.287 e. The number of nitrogens with zero attached hydrogens (tertiary/aromatic N) is 2. The second-order valence-corrected chi connectivity index (χ2v) is 4.66. The SMILES string of the molecule is O=c1cc(C(F)F)[nH]n1-c1nc2ccccc2s1. The van der Waals surface area contributed by atoms with Crippen molar-refractivity contribution in [3.8, 4) is 5.13 Å². The molecule has 1 N–H and O–H groups in total.